The molecule has 78 valence electrons. The molecule has 0 radical (unpaired) electrons. The van der Waals surface area contributed by atoms with Crippen LogP contribution in [-0.4, -0.2) is 27.8 Å². The van der Waals surface area contributed by atoms with E-state index >= 15 is 0 Å². The minimum atomic E-state index is -1.08. The van der Waals surface area contributed by atoms with Gasteiger partial charge in [-0.3, -0.25) is 4.98 Å². The van der Waals surface area contributed by atoms with Crippen molar-refractivity contribution in [3.63, 3.8) is 0 Å². The van der Waals surface area contributed by atoms with E-state index in [2.05, 4.69) is 4.98 Å². The van der Waals surface area contributed by atoms with E-state index in [9.17, 15) is 10.2 Å². The van der Waals surface area contributed by atoms with Crippen LogP contribution in [0.1, 0.15) is 18.2 Å². The molecule has 4 N–H and O–H groups in total. The quantitative estimate of drug-likeness (QED) is 0.684. The third-order valence-electron chi connectivity index (χ3n) is 1.89. The molecule has 0 aliphatic heterocycles. The minimum absolute atomic E-state index is 0.287. The van der Waals surface area contributed by atoms with Gasteiger partial charge in [-0.25, -0.2) is 0 Å². The molecule has 5 heteroatoms. The molecule has 1 aromatic heterocycles. The number of aliphatic hydroxyl groups is 2. The lowest BCUT2D eigenvalue weighted by atomic mass is 10.1. The molecule has 1 aromatic rings. The Labute approximate surface area is 87.3 Å². The van der Waals surface area contributed by atoms with E-state index in [1.54, 1.807) is 12.1 Å². The van der Waals surface area contributed by atoms with Crippen molar-refractivity contribution in [1.29, 1.82) is 0 Å². The Morgan fingerprint density at radius 3 is 2.79 bits per heavy atom. The van der Waals surface area contributed by atoms with Crippen molar-refractivity contribution in [2.75, 3.05) is 6.54 Å². The van der Waals surface area contributed by atoms with Crippen LogP contribution in [0.15, 0.2) is 18.3 Å². The fraction of sp³-hybridized carbons (Fsp3) is 0.444. The lowest BCUT2D eigenvalue weighted by molar-refractivity contribution is 0.0126. The zero-order valence-corrected chi connectivity index (χ0v) is 8.35. The molecule has 14 heavy (non-hydrogen) atoms. The van der Waals surface area contributed by atoms with Crippen LogP contribution >= 0.6 is 11.6 Å². The van der Waals surface area contributed by atoms with Crippen molar-refractivity contribution in [3.05, 3.63) is 29.0 Å². The Balaban J connectivity index is 2.78. The van der Waals surface area contributed by atoms with Crippen molar-refractivity contribution in [3.8, 4) is 0 Å². The Morgan fingerprint density at radius 2 is 2.21 bits per heavy atom. The molecule has 1 rings (SSSR count). The highest BCUT2D eigenvalue weighted by molar-refractivity contribution is 6.31. The summed E-state index contributed by atoms with van der Waals surface area (Å²) in [6, 6.07) is 3.27. The van der Waals surface area contributed by atoms with Crippen LogP contribution in [0.25, 0.3) is 0 Å². The lowest BCUT2D eigenvalue weighted by Crippen LogP contribution is -2.22. The van der Waals surface area contributed by atoms with Crippen LogP contribution in [0.2, 0.25) is 5.02 Å². The van der Waals surface area contributed by atoms with Crippen molar-refractivity contribution >= 4 is 11.6 Å². The predicted molar refractivity (Wildman–Crippen MR) is 53.9 cm³/mol. The maximum atomic E-state index is 9.65. The summed E-state index contributed by atoms with van der Waals surface area (Å²) >= 11 is 5.80. The minimum Gasteiger partial charge on any atom is -0.390 e. The first kappa shape index (κ1) is 11.4. The summed E-state index contributed by atoms with van der Waals surface area (Å²) in [5.41, 5.74) is 5.55. The maximum Gasteiger partial charge on any atom is 0.123 e. The summed E-state index contributed by atoms with van der Waals surface area (Å²) in [4.78, 5) is 3.90. The van der Waals surface area contributed by atoms with Gasteiger partial charge in [-0.2, -0.15) is 0 Å². The Kier molecular flexibility index (Phi) is 4.28. The molecular weight excluding hydrogens is 204 g/mol. The van der Waals surface area contributed by atoms with Crippen LogP contribution in [0.3, 0.4) is 0 Å². The van der Waals surface area contributed by atoms with Gasteiger partial charge >= 0.3 is 0 Å². The Hall–Kier alpha value is -0.680. The summed E-state index contributed by atoms with van der Waals surface area (Å²) in [5, 5.41) is 19.5. The number of aromatic nitrogens is 1. The maximum absolute atomic E-state index is 9.65. The fourth-order valence-electron chi connectivity index (χ4n) is 1.13. The van der Waals surface area contributed by atoms with E-state index in [0.717, 1.165) is 0 Å². The highest BCUT2D eigenvalue weighted by Crippen LogP contribution is 2.23. The second-order valence-electron chi connectivity index (χ2n) is 2.96. The number of halogens is 1. The van der Waals surface area contributed by atoms with Gasteiger partial charge in [0, 0.05) is 6.20 Å². The Bertz CT molecular complexity index is 296. The van der Waals surface area contributed by atoms with Gasteiger partial charge in [0.1, 0.15) is 6.10 Å². The summed E-state index contributed by atoms with van der Waals surface area (Å²) in [5.74, 6) is 0. The van der Waals surface area contributed by atoms with Gasteiger partial charge in [0.25, 0.3) is 0 Å². The number of hydrogen-bond donors (Lipinski definition) is 3. The van der Waals surface area contributed by atoms with Gasteiger partial charge in [0.15, 0.2) is 0 Å². The number of rotatable bonds is 4. The summed E-state index contributed by atoms with van der Waals surface area (Å²) < 4.78 is 0. The lowest BCUT2D eigenvalue weighted by Gasteiger charge is -2.17. The Morgan fingerprint density at radius 1 is 1.50 bits per heavy atom. The molecule has 0 bridgehead atoms. The first-order chi connectivity index (χ1) is 6.66. The molecule has 0 amide bonds. The highest BCUT2D eigenvalue weighted by Gasteiger charge is 2.20. The molecule has 0 saturated carbocycles. The smallest absolute Gasteiger partial charge is 0.123 e. The topological polar surface area (TPSA) is 79.4 Å². The standard InChI is InChI=1S/C9H13ClN2O2/c10-6-2-1-5-12-8(6)9(14)7(13)3-4-11/h1-2,5,7,9,13-14H,3-4,11H2. The molecule has 0 saturated heterocycles. The van der Waals surface area contributed by atoms with E-state index in [4.69, 9.17) is 17.3 Å². The van der Waals surface area contributed by atoms with Crippen molar-refractivity contribution < 1.29 is 10.2 Å². The van der Waals surface area contributed by atoms with Crippen LogP contribution in [-0.2, 0) is 0 Å². The van der Waals surface area contributed by atoms with E-state index < -0.39 is 12.2 Å². The van der Waals surface area contributed by atoms with Gasteiger partial charge < -0.3 is 15.9 Å². The van der Waals surface area contributed by atoms with Gasteiger partial charge in [-0.05, 0) is 25.1 Å². The van der Waals surface area contributed by atoms with Crippen molar-refractivity contribution in [1.82, 2.24) is 4.98 Å². The predicted octanol–water partition coefficient (Wildman–Crippen LogP) is 0.478. The summed E-state index contributed by atoms with van der Waals surface area (Å²) in [6.45, 7) is 0.308. The molecule has 0 aromatic carbocycles. The molecule has 2 atom stereocenters. The van der Waals surface area contributed by atoms with Gasteiger partial charge in [-0.1, -0.05) is 11.6 Å². The average Bonchev–Trinajstić information content (AvgIpc) is 2.18. The molecule has 4 nitrogen and oxygen atoms in total. The molecule has 0 fully saturated rings. The monoisotopic (exact) mass is 216 g/mol. The first-order valence-corrected chi connectivity index (χ1v) is 4.71. The van der Waals surface area contributed by atoms with E-state index in [1.165, 1.54) is 6.20 Å². The van der Waals surface area contributed by atoms with Crippen LogP contribution in [0, 0.1) is 0 Å². The molecular formula is C9H13ClN2O2. The highest BCUT2D eigenvalue weighted by atomic mass is 35.5. The fourth-order valence-corrected chi connectivity index (χ4v) is 1.36. The third kappa shape index (κ3) is 2.65. The van der Waals surface area contributed by atoms with Gasteiger partial charge in [-0.15, -0.1) is 0 Å². The molecule has 0 spiro atoms. The number of nitrogens with two attached hydrogens (primary N) is 1. The van der Waals surface area contributed by atoms with Gasteiger partial charge in [0.05, 0.1) is 16.8 Å². The zero-order chi connectivity index (χ0) is 10.6. The number of aliphatic hydroxyl groups excluding tert-OH is 2. The molecule has 0 aliphatic carbocycles. The normalized spacial score (nSPS) is 15.1. The number of pyridine rings is 1. The van der Waals surface area contributed by atoms with Crippen molar-refractivity contribution in [2.24, 2.45) is 5.73 Å². The number of nitrogens with zero attached hydrogens (tertiary/aromatic N) is 1. The van der Waals surface area contributed by atoms with Crippen LogP contribution in [0.4, 0.5) is 0 Å². The van der Waals surface area contributed by atoms with Crippen molar-refractivity contribution in [2.45, 2.75) is 18.6 Å². The summed E-state index contributed by atoms with van der Waals surface area (Å²) in [6.07, 6.45) is -0.173. The zero-order valence-electron chi connectivity index (χ0n) is 7.60. The average molecular weight is 217 g/mol. The second kappa shape index (κ2) is 5.26. The molecule has 0 aliphatic rings. The van der Waals surface area contributed by atoms with Crippen LogP contribution in [0.5, 0.6) is 0 Å². The molecule has 2 unspecified atom stereocenters. The van der Waals surface area contributed by atoms with E-state index in [-0.39, 0.29) is 5.69 Å². The summed E-state index contributed by atoms with van der Waals surface area (Å²) in [7, 11) is 0. The largest absolute Gasteiger partial charge is 0.390 e. The second-order valence-corrected chi connectivity index (χ2v) is 3.37. The van der Waals surface area contributed by atoms with E-state index in [1.807, 2.05) is 0 Å². The van der Waals surface area contributed by atoms with E-state index in [0.29, 0.717) is 18.0 Å². The molecule has 1 heterocycles. The first-order valence-electron chi connectivity index (χ1n) is 4.33. The SMILES string of the molecule is NCCC(O)C(O)c1ncccc1Cl. The van der Waals surface area contributed by atoms with Crippen LogP contribution < -0.4 is 5.73 Å². The van der Waals surface area contributed by atoms with Gasteiger partial charge in [0.2, 0.25) is 0 Å². The number of hydrogen-bond acceptors (Lipinski definition) is 4. The third-order valence-corrected chi connectivity index (χ3v) is 2.21.